The highest BCUT2D eigenvalue weighted by atomic mass is 32.1. The first-order valence-electron chi connectivity index (χ1n) is 12.6. The molecule has 1 aromatic heterocycles. The zero-order chi connectivity index (χ0) is 26.5. The Morgan fingerprint density at radius 3 is 1.59 bits per heavy atom. The fourth-order valence-corrected chi connectivity index (χ4v) is 6.12. The van der Waals surface area contributed by atoms with E-state index in [2.05, 4.69) is 28.8 Å². The van der Waals surface area contributed by atoms with Gasteiger partial charge in [0.2, 0.25) is 0 Å². The van der Waals surface area contributed by atoms with Gasteiger partial charge in [-0.2, -0.15) is 0 Å². The van der Waals surface area contributed by atoms with E-state index in [0.717, 1.165) is 65.1 Å². The van der Waals surface area contributed by atoms with Crippen LogP contribution in [0.1, 0.15) is 0 Å². The molecule has 0 unspecified atom stereocenters. The zero-order valence-electron chi connectivity index (χ0n) is 20.9. The monoisotopic (exact) mass is 524 g/mol. The van der Waals surface area contributed by atoms with Crippen LogP contribution in [0.4, 0.5) is 34.1 Å². The normalized spacial score (nSPS) is 11.4. The number of anilines is 6. The van der Waals surface area contributed by atoms with E-state index in [1.165, 1.54) is 0 Å². The Hall–Kier alpha value is -5.07. The molecule has 6 aromatic carbocycles. The predicted octanol–water partition coefficient (Wildman–Crippen LogP) is 8.37. The van der Waals surface area contributed by atoms with Crippen molar-refractivity contribution in [3.05, 3.63) is 119 Å². The van der Waals surface area contributed by atoms with Crippen LogP contribution >= 0.6 is 11.3 Å². The standard InChI is InChI=1S/C33H24N4OS/c34-23-5-1-21-15-25(7-3-19(21)13-23)36-27-10-12-31-30(17-27)33(38)29-11-9-28(18-32(29)39-31)37-26-8-4-20-14-24(35)6-2-22(20)16-26/h1-18,36-37H,34-35H2. The van der Waals surface area contributed by atoms with Crippen molar-refractivity contribution in [2.75, 3.05) is 22.1 Å². The van der Waals surface area contributed by atoms with Crippen molar-refractivity contribution in [1.29, 1.82) is 0 Å². The molecule has 7 rings (SSSR count). The van der Waals surface area contributed by atoms with E-state index < -0.39 is 0 Å². The second kappa shape index (κ2) is 9.04. The number of nitrogens with one attached hydrogen (secondary N) is 2. The molecule has 1 heterocycles. The Balaban J connectivity index is 1.20. The van der Waals surface area contributed by atoms with Gasteiger partial charge in [-0.25, -0.2) is 0 Å². The molecular weight excluding hydrogens is 500 g/mol. The Bertz CT molecular complexity index is 2130. The first kappa shape index (κ1) is 23.1. The largest absolute Gasteiger partial charge is 0.399 e. The molecule has 0 fully saturated rings. The van der Waals surface area contributed by atoms with Gasteiger partial charge in [-0.15, -0.1) is 11.3 Å². The minimum absolute atomic E-state index is 0.0335. The number of fused-ring (bicyclic) bond motifs is 4. The van der Waals surface area contributed by atoms with Gasteiger partial charge in [-0.3, -0.25) is 4.79 Å². The van der Waals surface area contributed by atoms with Crippen molar-refractivity contribution in [3.8, 4) is 0 Å². The van der Waals surface area contributed by atoms with E-state index in [4.69, 9.17) is 11.5 Å². The molecule has 0 amide bonds. The Labute approximate surface area is 228 Å². The van der Waals surface area contributed by atoms with Crippen LogP contribution in [0.2, 0.25) is 0 Å². The van der Waals surface area contributed by atoms with Crippen molar-refractivity contribution in [3.63, 3.8) is 0 Å². The maximum atomic E-state index is 13.5. The highest BCUT2D eigenvalue weighted by Gasteiger charge is 2.09. The highest BCUT2D eigenvalue weighted by molar-refractivity contribution is 7.24. The topological polar surface area (TPSA) is 93.2 Å². The SMILES string of the molecule is Nc1ccc2cc(Nc3ccc4c(=O)c5cc(Nc6ccc7cc(N)ccc7c6)ccc5sc4c3)ccc2c1. The number of nitrogen functional groups attached to an aromatic ring is 2. The molecule has 0 aliphatic heterocycles. The number of nitrogens with two attached hydrogens (primary N) is 2. The quantitative estimate of drug-likeness (QED) is 0.137. The molecule has 0 saturated carbocycles. The first-order chi connectivity index (χ1) is 19.0. The minimum atomic E-state index is 0.0335. The summed E-state index contributed by atoms with van der Waals surface area (Å²) >= 11 is 1.62. The van der Waals surface area contributed by atoms with Crippen LogP contribution in [0.3, 0.4) is 0 Å². The summed E-state index contributed by atoms with van der Waals surface area (Å²) in [5.74, 6) is 0. The van der Waals surface area contributed by atoms with Crippen molar-refractivity contribution < 1.29 is 0 Å². The summed E-state index contributed by atoms with van der Waals surface area (Å²) in [7, 11) is 0. The van der Waals surface area contributed by atoms with Gasteiger partial charge in [0.25, 0.3) is 0 Å². The van der Waals surface area contributed by atoms with Gasteiger partial charge in [0.1, 0.15) is 0 Å². The Kier molecular flexibility index (Phi) is 5.35. The second-order valence-corrected chi connectivity index (χ2v) is 10.8. The van der Waals surface area contributed by atoms with Crippen molar-refractivity contribution in [2.45, 2.75) is 0 Å². The molecule has 0 aliphatic carbocycles. The fraction of sp³-hybridized carbons (Fsp3) is 0. The van der Waals surface area contributed by atoms with Gasteiger partial charge < -0.3 is 22.1 Å². The first-order valence-corrected chi connectivity index (χ1v) is 13.4. The van der Waals surface area contributed by atoms with E-state index in [0.29, 0.717) is 10.8 Å². The number of hydrogen-bond donors (Lipinski definition) is 4. The molecule has 6 heteroatoms. The molecule has 188 valence electrons. The third-order valence-corrected chi connectivity index (χ3v) is 8.11. The van der Waals surface area contributed by atoms with E-state index in [9.17, 15) is 4.79 Å². The molecule has 0 radical (unpaired) electrons. The van der Waals surface area contributed by atoms with Crippen molar-refractivity contribution in [2.24, 2.45) is 0 Å². The number of hydrogen-bond acceptors (Lipinski definition) is 6. The molecule has 0 bridgehead atoms. The lowest BCUT2D eigenvalue weighted by Gasteiger charge is -2.11. The maximum Gasteiger partial charge on any atom is 0.195 e. The molecule has 6 N–H and O–H groups in total. The lowest BCUT2D eigenvalue weighted by molar-refractivity contribution is 1.58. The molecule has 39 heavy (non-hydrogen) atoms. The fourth-order valence-electron chi connectivity index (χ4n) is 5.03. The second-order valence-electron chi connectivity index (χ2n) is 9.75. The van der Waals surface area contributed by atoms with E-state index in [1.807, 2.05) is 91.0 Å². The molecular formula is C33H24N4OS. The van der Waals surface area contributed by atoms with Crippen LogP contribution in [0, 0.1) is 0 Å². The predicted molar refractivity (Wildman–Crippen MR) is 169 cm³/mol. The number of benzene rings is 6. The van der Waals surface area contributed by atoms with Crippen molar-refractivity contribution >= 4 is 87.2 Å². The molecule has 0 atom stereocenters. The summed E-state index contributed by atoms with van der Waals surface area (Å²) < 4.78 is 1.90. The van der Waals surface area contributed by atoms with Gasteiger partial charge in [-0.1, -0.05) is 24.3 Å². The van der Waals surface area contributed by atoms with Gasteiger partial charge >= 0.3 is 0 Å². The van der Waals surface area contributed by atoms with E-state index in [1.54, 1.807) is 11.3 Å². The smallest absolute Gasteiger partial charge is 0.195 e. The molecule has 0 spiro atoms. The van der Waals surface area contributed by atoms with Crippen LogP contribution in [0.5, 0.6) is 0 Å². The third-order valence-electron chi connectivity index (χ3n) is 6.98. The maximum absolute atomic E-state index is 13.5. The summed E-state index contributed by atoms with van der Waals surface area (Å²) in [5, 5.41) is 12.8. The minimum Gasteiger partial charge on any atom is -0.399 e. The zero-order valence-corrected chi connectivity index (χ0v) is 21.7. The van der Waals surface area contributed by atoms with Gasteiger partial charge in [0, 0.05) is 54.3 Å². The van der Waals surface area contributed by atoms with Crippen LogP contribution in [0.15, 0.2) is 114 Å². The van der Waals surface area contributed by atoms with Gasteiger partial charge in [0.05, 0.1) is 0 Å². The van der Waals surface area contributed by atoms with E-state index in [-0.39, 0.29) is 5.43 Å². The van der Waals surface area contributed by atoms with Gasteiger partial charge in [0.15, 0.2) is 5.43 Å². The highest BCUT2D eigenvalue weighted by Crippen LogP contribution is 2.32. The Morgan fingerprint density at radius 1 is 0.462 bits per heavy atom. The molecule has 5 nitrogen and oxygen atoms in total. The van der Waals surface area contributed by atoms with Crippen LogP contribution in [0.25, 0.3) is 41.7 Å². The average Bonchev–Trinajstić information content (AvgIpc) is 2.93. The van der Waals surface area contributed by atoms with Crippen LogP contribution < -0.4 is 27.5 Å². The summed E-state index contributed by atoms with van der Waals surface area (Å²) in [6, 6.07) is 36.0. The van der Waals surface area contributed by atoms with Gasteiger partial charge in [-0.05, 0) is 106 Å². The summed E-state index contributed by atoms with van der Waals surface area (Å²) in [5.41, 5.74) is 17.1. The van der Waals surface area contributed by atoms with Crippen molar-refractivity contribution in [1.82, 2.24) is 0 Å². The average molecular weight is 525 g/mol. The third kappa shape index (κ3) is 4.37. The lowest BCUT2D eigenvalue weighted by atomic mass is 10.1. The van der Waals surface area contributed by atoms with Crippen LogP contribution in [-0.2, 0) is 0 Å². The van der Waals surface area contributed by atoms with Crippen LogP contribution in [-0.4, -0.2) is 0 Å². The summed E-state index contributed by atoms with van der Waals surface area (Å²) in [4.78, 5) is 13.5. The van der Waals surface area contributed by atoms with E-state index >= 15 is 0 Å². The number of rotatable bonds is 4. The molecule has 7 aromatic rings. The summed E-state index contributed by atoms with van der Waals surface area (Å²) in [6.07, 6.45) is 0. The molecule has 0 saturated heterocycles. The Morgan fingerprint density at radius 2 is 0.949 bits per heavy atom. The summed E-state index contributed by atoms with van der Waals surface area (Å²) in [6.45, 7) is 0. The lowest BCUT2D eigenvalue weighted by Crippen LogP contribution is -2.02. The molecule has 0 aliphatic rings.